The number of hydrogen-bond acceptors (Lipinski definition) is 3. The molecule has 0 radical (unpaired) electrons. The summed E-state index contributed by atoms with van der Waals surface area (Å²) in [6, 6.07) is 23.0. The highest BCUT2D eigenvalue weighted by molar-refractivity contribution is 6.07. The second kappa shape index (κ2) is 8.28. The number of halogens is 2. The van der Waals surface area contributed by atoms with Gasteiger partial charge in [0, 0.05) is 16.5 Å². The minimum absolute atomic E-state index is 0. The first-order chi connectivity index (χ1) is 14.6. The molecule has 0 bridgehead atoms. The number of nitrogens with two attached hydrogens (primary N) is 1. The molecule has 5 nitrogen and oxygen atoms in total. The third-order valence-electron chi connectivity index (χ3n) is 5.25. The normalized spacial score (nSPS) is 12.4. The maximum atomic E-state index is 13.3. The molecule has 0 saturated carbocycles. The van der Waals surface area contributed by atoms with Crippen LogP contribution < -0.4 is 28.1 Å². The van der Waals surface area contributed by atoms with E-state index in [1.807, 2.05) is 48.5 Å². The molecule has 3 N–H and O–H groups in total. The van der Waals surface area contributed by atoms with Gasteiger partial charge in [0.05, 0.1) is 22.3 Å². The molecule has 1 amide bonds. The van der Waals surface area contributed by atoms with Crippen molar-refractivity contribution in [3.05, 3.63) is 101 Å². The first-order valence-electron chi connectivity index (χ1n) is 9.55. The summed E-state index contributed by atoms with van der Waals surface area (Å²) < 4.78 is 15.0. The summed E-state index contributed by atoms with van der Waals surface area (Å²) in [5.74, 6) is -0.0964. The highest BCUT2D eigenvalue weighted by atomic mass is 79.9. The number of hydrogen-bond donors (Lipinski definition) is 2. The van der Waals surface area contributed by atoms with Crippen molar-refractivity contribution in [2.24, 2.45) is 5.73 Å². The third-order valence-corrected chi connectivity index (χ3v) is 5.25. The van der Waals surface area contributed by atoms with Crippen LogP contribution in [0.3, 0.4) is 0 Å². The summed E-state index contributed by atoms with van der Waals surface area (Å²) in [6.07, 6.45) is 0. The summed E-state index contributed by atoms with van der Waals surface area (Å²) in [6.45, 7) is 0.502. The van der Waals surface area contributed by atoms with Gasteiger partial charge in [-0.2, -0.15) is 10.1 Å². The van der Waals surface area contributed by atoms with Crippen LogP contribution in [0.25, 0.3) is 22.2 Å². The lowest BCUT2D eigenvalue weighted by molar-refractivity contribution is -0.584. The number of nitrogens with one attached hydrogen (secondary N) is 1. The largest absolute Gasteiger partial charge is 1.00 e. The highest BCUT2D eigenvalue weighted by Crippen LogP contribution is 2.25. The summed E-state index contributed by atoms with van der Waals surface area (Å²) in [5, 5.41) is 0.733. The number of aromatic nitrogens is 1. The van der Waals surface area contributed by atoms with Crippen LogP contribution in [0.15, 0.2) is 78.9 Å². The predicted molar refractivity (Wildman–Crippen MR) is 113 cm³/mol. The minimum atomic E-state index is -0.322. The molecule has 0 aliphatic carbocycles. The number of amidine groups is 1. The van der Waals surface area contributed by atoms with Gasteiger partial charge < -0.3 is 17.0 Å². The van der Waals surface area contributed by atoms with Crippen LogP contribution >= 0.6 is 0 Å². The predicted octanol–water partition coefficient (Wildman–Crippen LogP) is 0.621. The second-order valence-corrected chi connectivity index (χ2v) is 7.15. The molecule has 0 fully saturated rings. The van der Waals surface area contributed by atoms with E-state index in [2.05, 4.69) is 10.4 Å². The quantitative estimate of drug-likeness (QED) is 0.426. The number of carbonyl (C=O) groups is 1. The van der Waals surface area contributed by atoms with Crippen molar-refractivity contribution in [2.45, 2.75) is 6.54 Å². The van der Waals surface area contributed by atoms with Crippen LogP contribution in [-0.4, -0.2) is 21.4 Å². The van der Waals surface area contributed by atoms with E-state index in [1.165, 1.54) is 12.1 Å². The Morgan fingerprint density at radius 1 is 1.00 bits per heavy atom. The van der Waals surface area contributed by atoms with Crippen LogP contribution in [0, 0.1) is 5.82 Å². The van der Waals surface area contributed by atoms with Crippen LogP contribution in [0.1, 0.15) is 21.5 Å². The number of fused-ring (bicyclic) bond motifs is 2. The van der Waals surface area contributed by atoms with Gasteiger partial charge >= 0.3 is 0 Å². The molecule has 3 aromatic carbocycles. The Balaban J connectivity index is 0.00000231. The van der Waals surface area contributed by atoms with Gasteiger partial charge in [-0.1, -0.05) is 36.4 Å². The van der Waals surface area contributed by atoms with Crippen molar-refractivity contribution in [1.29, 1.82) is 0 Å². The molecule has 31 heavy (non-hydrogen) atoms. The van der Waals surface area contributed by atoms with E-state index < -0.39 is 0 Å². The molecule has 0 atom stereocenters. The van der Waals surface area contributed by atoms with Crippen LogP contribution in [0.5, 0.6) is 0 Å². The monoisotopic (exact) mass is 476 g/mol. The fourth-order valence-electron chi connectivity index (χ4n) is 3.72. The smallest absolute Gasteiger partial charge is 0.299 e. The number of carbonyl (C=O) groups excluding carboxylic acids is 1. The molecular weight excluding hydrogens is 459 g/mol. The lowest BCUT2D eigenvalue weighted by Crippen LogP contribution is -3.00. The van der Waals surface area contributed by atoms with Crippen LogP contribution in [0.2, 0.25) is 0 Å². The maximum absolute atomic E-state index is 13.3. The first-order valence-corrected chi connectivity index (χ1v) is 9.55. The van der Waals surface area contributed by atoms with Gasteiger partial charge in [-0.05, 0) is 42.5 Å². The van der Waals surface area contributed by atoms with E-state index >= 15 is 0 Å². The van der Waals surface area contributed by atoms with Gasteiger partial charge in [0.15, 0.2) is 0 Å². The number of pyridine rings is 1. The molecule has 0 unspecified atom stereocenters. The molecule has 154 valence electrons. The van der Waals surface area contributed by atoms with E-state index in [9.17, 15) is 9.18 Å². The van der Waals surface area contributed by atoms with Gasteiger partial charge in [-0.15, -0.1) is 0 Å². The highest BCUT2D eigenvalue weighted by Gasteiger charge is 2.26. The SMILES string of the molecule is NC1=[N+](NC(=O)c2cc(-c3ccc(F)cc3)nc3ccccc23)Cc2ccccc21.[Br-]. The summed E-state index contributed by atoms with van der Waals surface area (Å²) in [4.78, 5) is 17.9. The molecule has 0 saturated heterocycles. The van der Waals surface area contributed by atoms with Crippen LogP contribution in [-0.2, 0) is 6.54 Å². The Bertz CT molecular complexity index is 1340. The molecule has 1 aliphatic heterocycles. The van der Waals surface area contributed by atoms with Gasteiger partial charge in [0.25, 0.3) is 11.7 Å². The zero-order valence-electron chi connectivity index (χ0n) is 16.3. The van der Waals surface area contributed by atoms with Crippen molar-refractivity contribution in [3.63, 3.8) is 0 Å². The van der Waals surface area contributed by atoms with Crippen molar-refractivity contribution in [2.75, 3.05) is 0 Å². The van der Waals surface area contributed by atoms with Gasteiger partial charge in [0.1, 0.15) is 12.4 Å². The molecule has 1 aromatic heterocycles. The lowest BCUT2D eigenvalue weighted by Gasteiger charge is -2.11. The number of nitrogens with zero attached hydrogens (tertiary/aromatic N) is 2. The van der Waals surface area contributed by atoms with E-state index in [0.29, 0.717) is 29.2 Å². The molecule has 2 heterocycles. The average molecular weight is 477 g/mol. The van der Waals surface area contributed by atoms with E-state index in [1.54, 1.807) is 22.9 Å². The first kappa shape index (κ1) is 20.7. The summed E-state index contributed by atoms with van der Waals surface area (Å²) in [5.41, 5.74) is 13.6. The number of amides is 1. The zero-order valence-corrected chi connectivity index (χ0v) is 17.9. The number of para-hydroxylation sites is 1. The molecule has 4 aromatic rings. The van der Waals surface area contributed by atoms with Gasteiger partial charge in [-0.25, -0.2) is 9.37 Å². The lowest BCUT2D eigenvalue weighted by atomic mass is 10.0. The standard InChI is InChI=1S/C24H17FN4O.BrH/c25-17-11-9-15(10-12-17)22-13-20(19-7-3-4-8-21(19)27-22)24(30)28-29-14-16-5-1-2-6-18(16)23(29)26;/h1-13,26H,14H2,(H,28,30);1H. The average Bonchev–Trinajstić information content (AvgIpc) is 3.09. The Labute approximate surface area is 188 Å². The van der Waals surface area contributed by atoms with Gasteiger partial charge in [-0.3, -0.25) is 10.5 Å². The van der Waals surface area contributed by atoms with E-state index in [-0.39, 0.29) is 28.7 Å². The van der Waals surface area contributed by atoms with Gasteiger partial charge in [0.2, 0.25) is 0 Å². The molecule has 1 aliphatic rings. The Morgan fingerprint density at radius 3 is 2.48 bits per heavy atom. The Kier molecular flexibility index (Phi) is 5.52. The van der Waals surface area contributed by atoms with Crippen LogP contribution in [0.4, 0.5) is 4.39 Å². The third kappa shape index (κ3) is 3.80. The fraction of sp³-hybridized carbons (Fsp3) is 0.0417. The van der Waals surface area contributed by atoms with E-state index in [4.69, 9.17) is 5.73 Å². The number of benzene rings is 3. The molecule has 5 rings (SSSR count). The fourth-order valence-corrected chi connectivity index (χ4v) is 3.72. The Morgan fingerprint density at radius 2 is 1.71 bits per heavy atom. The number of hydrazone groups is 1. The molecular formula is C24H18BrFN4O. The summed E-state index contributed by atoms with van der Waals surface area (Å²) in [7, 11) is 0. The molecule has 7 heteroatoms. The summed E-state index contributed by atoms with van der Waals surface area (Å²) >= 11 is 0. The number of hydrazine groups is 1. The van der Waals surface area contributed by atoms with Crippen molar-refractivity contribution < 1.29 is 30.9 Å². The Hall–Kier alpha value is -3.58. The maximum Gasteiger partial charge on any atom is 0.299 e. The van der Waals surface area contributed by atoms with Crippen molar-refractivity contribution >= 4 is 22.6 Å². The number of rotatable bonds is 3. The van der Waals surface area contributed by atoms with E-state index in [0.717, 1.165) is 22.1 Å². The van der Waals surface area contributed by atoms with Crippen molar-refractivity contribution in [3.8, 4) is 11.3 Å². The zero-order chi connectivity index (χ0) is 20.7. The van der Waals surface area contributed by atoms with Crippen molar-refractivity contribution in [1.82, 2.24) is 10.4 Å². The molecule has 0 spiro atoms. The minimum Gasteiger partial charge on any atom is -1.00 e. The topological polar surface area (TPSA) is 71.0 Å². The second-order valence-electron chi connectivity index (χ2n) is 7.15.